The van der Waals surface area contributed by atoms with Gasteiger partial charge in [0.1, 0.15) is 11.4 Å². The number of nitrogens with one attached hydrogen (secondary N) is 1. The van der Waals surface area contributed by atoms with Crippen molar-refractivity contribution in [2.45, 2.75) is 12.0 Å². The number of nitrogens with zero attached hydrogens (tertiary/aromatic N) is 1. The average molecular weight is 209 g/mol. The lowest BCUT2D eigenvalue weighted by Gasteiger charge is -2.21. The molecule has 0 radical (unpaired) electrons. The lowest BCUT2D eigenvalue weighted by molar-refractivity contribution is 0.0381. The average Bonchev–Trinajstić information content (AvgIpc) is 2.65. The van der Waals surface area contributed by atoms with Gasteiger partial charge in [-0.05, 0) is 12.1 Å². The molecular formula is C10H15N3O2. The van der Waals surface area contributed by atoms with Crippen molar-refractivity contribution < 1.29 is 9.84 Å². The van der Waals surface area contributed by atoms with Gasteiger partial charge < -0.3 is 20.9 Å². The molecule has 0 saturated carbocycles. The number of pyridine rings is 1. The van der Waals surface area contributed by atoms with Crippen LogP contribution in [-0.2, 0) is 4.74 Å². The van der Waals surface area contributed by atoms with Crippen molar-refractivity contribution in [1.29, 1.82) is 0 Å². The van der Waals surface area contributed by atoms with E-state index in [2.05, 4.69) is 10.3 Å². The monoisotopic (exact) mass is 209 g/mol. The molecule has 0 bridgehead atoms. The van der Waals surface area contributed by atoms with E-state index in [-0.39, 0.29) is 0 Å². The molecule has 5 heteroatoms. The maximum Gasteiger partial charge on any atom is 0.149 e. The van der Waals surface area contributed by atoms with Crippen molar-refractivity contribution in [2.24, 2.45) is 0 Å². The molecule has 0 aromatic carbocycles. The Balaban J connectivity index is 1.95. The van der Waals surface area contributed by atoms with E-state index in [4.69, 9.17) is 10.5 Å². The highest BCUT2D eigenvalue weighted by molar-refractivity contribution is 5.60. The van der Waals surface area contributed by atoms with Gasteiger partial charge in [-0.15, -0.1) is 0 Å². The highest BCUT2D eigenvalue weighted by atomic mass is 16.5. The van der Waals surface area contributed by atoms with Crippen LogP contribution in [0.4, 0.5) is 11.5 Å². The van der Waals surface area contributed by atoms with Crippen LogP contribution in [0.5, 0.6) is 0 Å². The Hall–Kier alpha value is -1.33. The number of aromatic nitrogens is 1. The van der Waals surface area contributed by atoms with Crippen LogP contribution >= 0.6 is 0 Å². The second-order valence-corrected chi connectivity index (χ2v) is 3.82. The first kappa shape index (κ1) is 10.2. The van der Waals surface area contributed by atoms with Gasteiger partial charge in [-0.25, -0.2) is 4.98 Å². The predicted octanol–water partition coefficient (Wildman–Crippen LogP) is 0.227. The first-order valence-corrected chi connectivity index (χ1v) is 4.94. The SMILES string of the molecule is Nc1cccnc1NCC1(O)CCOC1. The number of anilines is 2. The number of hydrogen-bond donors (Lipinski definition) is 3. The Morgan fingerprint density at radius 1 is 1.67 bits per heavy atom. The number of hydrogen-bond acceptors (Lipinski definition) is 5. The van der Waals surface area contributed by atoms with Crippen molar-refractivity contribution in [3.8, 4) is 0 Å². The van der Waals surface area contributed by atoms with E-state index in [1.807, 2.05) is 0 Å². The van der Waals surface area contributed by atoms with Crippen LogP contribution in [0.25, 0.3) is 0 Å². The van der Waals surface area contributed by atoms with E-state index in [0.29, 0.717) is 37.7 Å². The maximum atomic E-state index is 9.99. The van der Waals surface area contributed by atoms with Crippen molar-refractivity contribution >= 4 is 11.5 Å². The van der Waals surface area contributed by atoms with Gasteiger partial charge in [0.05, 0.1) is 12.3 Å². The molecule has 1 aliphatic heterocycles. The van der Waals surface area contributed by atoms with Gasteiger partial charge in [0.15, 0.2) is 0 Å². The standard InChI is InChI=1S/C10H15N3O2/c11-8-2-1-4-12-9(8)13-6-10(14)3-5-15-7-10/h1-2,4,14H,3,5-7,11H2,(H,12,13). The Labute approximate surface area is 88.3 Å². The molecule has 0 spiro atoms. The van der Waals surface area contributed by atoms with Crippen LogP contribution < -0.4 is 11.1 Å². The molecule has 1 atom stereocenters. The number of nitrogen functional groups attached to an aromatic ring is 1. The molecule has 4 N–H and O–H groups in total. The normalized spacial score (nSPS) is 25.4. The molecule has 1 aromatic rings. The molecule has 1 fully saturated rings. The summed E-state index contributed by atoms with van der Waals surface area (Å²) in [7, 11) is 0. The smallest absolute Gasteiger partial charge is 0.149 e. The molecular weight excluding hydrogens is 194 g/mol. The second kappa shape index (κ2) is 4.04. The van der Waals surface area contributed by atoms with Crippen molar-refractivity contribution in [2.75, 3.05) is 30.8 Å². The third kappa shape index (κ3) is 2.37. The fraction of sp³-hybridized carbons (Fsp3) is 0.500. The van der Waals surface area contributed by atoms with Gasteiger partial charge in [0.25, 0.3) is 0 Å². The summed E-state index contributed by atoms with van der Waals surface area (Å²) in [6.45, 7) is 1.39. The first-order valence-electron chi connectivity index (χ1n) is 4.94. The van der Waals surface area contributed by atoms with E-state index in [9.17, 15) is 5.11 Å². The van der Waals surface area contributed by atoms with E-state index >= 15 is 0 Å². The highest BCUT2D eigenvalue weighted by Gasteiger charge is 2.32. The minimum absolute atomic E-state index is 0.368. The quantitative estimate of drug-likeness (QED) is 0.664. The Bertz CT molecular complexity index is 337. The first-order chi connectivity index (χ1) is 7.20. The molecule has 5 nitrogen and oxygen atoms in total. The third-order valence-corrected chi connectivity index (χ3v) is 2.51. The van der Waals surface area contributed by atoms with Gasteiger partial charge in [-0.3, -0.25) is 0 Å². The predicted molar refractivity (Wildman–Crippen MR) is 57.5 cm³/mol. The molecule has 2 heterocycles. The highest BCUT2D eigenvalue weighted by Crippen LogP contribution is 2.20. The molecule has 2 rings (SSSR count). The van der Waals surface area contributed by atoms with E-state index in [1.165, 1.54) is 0 Å². The van der Waals surface area contributed by atoms with Crippen LogP contribution in [-0.4, -0.2) is 35.5 Å². The molecule has 1 saturated heterocycles. The molecule has 15 heavy (non-hydrogen) atoms. The lowest BCUT2D eigenvalue weighted by Crippen LogP contribution is -2.37. The third-order valence-electron chi connectivity index (χ3n) is 2.51. The maximum absolute atomic E-state index is 9.99. The zero-order valence-corrected chi connectivity index (χ0v) is 8.44. The topological polar surface area (TPSA) is 80.4 Å². The summed E-state index contributed by atoms with van der Waals surface area (Å²) >= 11 is 0. The summed E-state index contributed by atoms with van der Waals surface area (Å²) in [6.07, 6.45) is 2.31. The van der Waals surface area contributed by atoms with Gasteiger partial charge in [-0.1, -0.05) is 0 Å². The second-order valence-electron chi connectivity index (χ2n) is 3.82. The van der Waals surface area contributed by atoms with Crippen molar-refractivity contribution in [3.63, 3.8) is 0 Å². The summed E-state index contributed by atoms with van der Waals surface area (Å²) in [4.78, 5) is 4.08. The van der Waals surface area contributed by atoms with Crippen LogP contribution in [0.3, 0.4) is 0 Å². The number of rotatable bonds is 3. The summed E-state index contributed by atoms with van der Waals surface area (Å²) < 4.78 is 5.14. The lowest BCUT2D eigenvalue weighted by atomic mass is 10.0. The van der Waals surface area contributed by atoms with Crippen LogP contribution in [0.2, 0.25) is 0 Å². The van der Waals surface area contributed by atoms with Crippen molar-refractivity contribution in [1.82, 2.24) is 4.98 Å². The molecule has 0 amide bonds. The molecule has 1 aliphatic rings. The zero-order valence-electron chi connectivity index (χ0n) is 8.44. The van der Waals surface area contributed by atoms with Crippen LogP contribution in [0, 0.1) is 0 Å². The summed E-state index contributed by atoms with van der Waals surface area (Å²) in [6, 6.07) is 3.54. The fourth-order valence-corrected chi connectivity index (χ4v) is 1.55. The molecule has 1 aromatic heterocycles. The van der Waals surface area contributed by atoms with Gasteiger partial charge in [-0.2, -0.15) is 0 Å². The Kier molecular flexibility index (Phi) is 2.75. The van der Waals surface area contributed by atoms with Gasteiger partial charge >= 0.3 is 0 Å². The molecule has 0 aliphatic carbocycles. The van der Waals surface area contributed by atoms with Crippen LogP contribution in [0.1, 0.15) is 6.42 Å². The number of aliphatic hydroxyl groups is 1. The number of ether oxygens (including phenoxy) is 1. The van der Waals surface area contributed by atoms with Crippen LogP contribution in [0.15, 0.2) is 18.3 Å². The van der Waals surface area contributed by atoms with Crippen molar-refractivity contribution in [3.05, 3.63) is 18.3 Å². The Morgan fingerprint density at radius 3 is 3.20 bits per heavy atom. The largest absolute Gasteiger partial charge is 0.396 e. The summed E-state index contributed by atoms with van der Waals surface area (Å²) in [5.41, 5.74) is 5.51. The van der Waals surface area contributed by atoms with E-state index < -0.39 is 5.60 Å². The van der Waals surface area contributed by atoms with Gasteiger partial charge in [0, 0.05) is 25.8 Å². The zero-order chi connectivity index (χ0) is 10.7. The minimum atomic E-state index is -0.788. The summed E-state index contributed by atoms with van der Waals surface area (Å²) in [5, 5.41) is 13.0. The summed E-state index contributed by atoms with van der Waals surface area (Å²) in [5.74, 6) is 0.609. The van der Waals surface area contributed by atoms with E-state index in [0.717, 1.165) is 0 Å². The van der Waals surface area contributed by atoms with Gasteiger partial charge in [0.2, 0.25) is 0 Å². The number of nitrogens with two attached hydrogens (primary N) is 1. The molecule has 1 unspecified atom stereocenters. The Morgan fingerprint density at radius 2 is 2.53 bits per heavy atom. The fourth-order valence-electron chi connectivity index (χ4n) is 1.55. The minimum Gasteiger partial charge on any atom is -0.396 e. The molecule has 82 valence electrons. The van der Waals surface area contributed by atoms with E-state index in [1.54, 1.807) is 18.3 Å².